The summed E-state index contributed by atoms with van der Waals surface area (Å²) in [7, 11) is 0.481. The van der Waals surface area contributed by atoms with Crippen LogP contribution in [0.3, 0.4) is 0 Å². The summed E-state index contributed by atoms with van der Waals surface area (Å²) in [4.78, 5) is 34.4. The van der Waals surface area contributed by atoms with E-state index in [1.54, 1.807) is 30.3 Å². The lowest BCUT2D eigenvalue weighted by molar-refractivity contribution is 0.0967. The van der Waals surface area contributed by atoms with Crippen LogP contribution in [0.5, 0.6) is 0 Å². The Kier molecular flexibility index (Phi) is 7.92. The molecule has 0 unspecified atom stereocenters. The minimum absolute atomic E-state index is 0.0659. The number of nitrogens with zero attached hydrogens (tertiary/aromatic N) is 4. The summed E-state index contributed by atoms with van der Waals surface area (Å²) < 4.78 is 28.4. The molecule has 2 N–H and O–H groups in total. The summed E-state index contributed by atoms with van der Waals surface area (Å²) in [5.74, 6) is -0.581. The standard InChI is InChI=1S/C26H29ClN6O4S2/c1-31-9-11-33(12-10-31)7-3-13-39(36,37)18-4-5-21-23(15-18)38-26(28-21)30-25(35)29-24(34)19-16-22-17(14-20(19)27)6-8-32(22)2/h4-6,8,14-16H,3,7,9-13H2,1-2H3,(H2,28,29,30,34,35). The molecule has 2 aromatic heterocycles. The second-order valence-electron chi connectivity index (χ2n) is 9.69. The number of carbonyl (C=O) groups is 2. The molecule has 39 heavy (non-hydrogen) atoms. The lowest BCUT2D eigenvalue weighted by Crippen LogP contribution is -2.44. The number of amides is 3. The summed E-state index contributed by atoms with van der Waals surface area (Å²) in [5.41, 5.74) is 1.53. The number of carbonyl (C=O) groups excluding carboxylic acids is 2. The average molecular weight is 589 g/mol. The lowest BCUT2D eigenvalue weighted by Gasteiger charge is -2.32. The first-order chi connectivity index (χ1) is 18.6. The molecule has 1 fully saturated rings. The minimum Gasteiger partial charge on any atom is -0.351 e. The number of aromatic nitrogens is 2. The van der Waals surface area contributed by atoms with E-state index in [2.05, 4.69) is 32.5 Å². The third-order valence-electron chi connectivity index (χ3n) is 6.87. The third-order valence-corrected chi connectivity index (χ3v) is 9.91. The molecule has 0 spiro atoms. The topological polar surface area (TPSA) is 117 Å². The van der Waals surface area contributed by atoms with Crippen molar-refractivity contribution >= 4 is 71.0 Å². The first-order valence-electron chi connectivity index (χ1n) is 12.5. The van der Waals surface area contributed by atoms with E-state index >= 15 is 0 Å². The van der Waals surface area contributed by atoms with Gasteiger partial charge in [0.05, 0.1) is 31.5 Å². The van der Waals surface area contributed by atoms with E-state index in [0.717, 1.165) is 55.0 Å². The number of anilines is 1. The highest BCUT2D eigenvalue weighted by atomic mass is 35.5. The Balaban J connectivity index is 1.21. The van der Waals surface area contributed by atoms with Crippen LogP contribution in [-0.4, -0.2) is 85.2 Å². The molecule has 0 aliphatic carbocycles. The van der Waals surface area contributed by atoms with Gasteiger partial charge in [-0.15, -0.1) is 0 Å². The number of benzene rings is 2. The summed E-state index contributed by atoms with van der Waals surface area (Å²) in [6.07, 6.45) is 2.42. The molecule has 5 rings (SSSR count). The SMILES string of the molecule is CN1CCN(CCCS(=O)(=O)c2ccc3nc(NC(=O)NC(=O)c4cc5c(ccn5C)cc4Cl)sc3c2)CC1. The molecule has 2 aromatic carbocycles. The predicted molar refractivity (Wildman–Crippen MR) is 155 cm³/mol. The van der Waals surface area contributed by atoms with Crippen molar-refractivity contribution in [2.45, 2.75) is 11.3 Å². The summed E-state index contributed by atoms with van der Waals surface area (Å²) in [5, 5.41) is 6.19. The van der Waals surface area contributed by atoms with Crippen LogP contribution >= 0.6 is 22.9 Å². The Morgan fingerprint density at radius 2 is 1.85 bits per heavy atom. The Hall–Kier alpha value is -3.03. The number of thiazole rings is 1. The van der Waals surface area contributed by atoms with Gasteiger partial charge in [0.1, 0.15) is 0 Å². The Morgan fingerprint density at radius 3 is 2.62 bits per heavy atom. The van der Waals surface area contributed by atoms with Crippen LogP contribution in [0.1, 0.15) is 16.8 Å². The second-order valence-corrected chi connectivity index (χ2v) is 13.2. The highest BCUT2D eigenvalue weighted by Crippen LogP contribution is 2.29. The van der Waals surface area contributed by atoms with Crippen molar-refractivity contribution in [1.29, 1.82) is 0 Å². The van der Waals surface area contributed by atoms with Crippen molar-refractivity contribution in [2.75, 3.05) is 50.8 Å². The number of aryl methyl sites for hydroxylation is 1. The van der Waals surface area contributed by atoms with E-state index in [4.69, 9.17) is 11.6 Å². The molecule has 1 aliphatic heterocycles. The molecule has 1 saturated heterocycles. The van der Waals surface area contributed by atoms with Gasteiger partial charge >= 0.3 is 6.03 Å². The maximum absolute atomic E-state index is 13.0. The fourth-order valence-electron chi connectivity index (χ4n) is 4.58. The van der Waals surface area contributed by atoms with Crippen LogP contribution in [0.15, 0.2) is 47.5 Å². The molecule has 13 heteroatoms. The fourth-order valence-corrected chi connectivity index (χ4v) is 7.13. The molecule has 0 bridgehead atoms. The van der Waals surface area contributed by atoms with Crippen LogP contribution in [-0.2, 0) is 16.9 Å². The molecule has 206 valence electrons. The van der Waals surface area contributed by atoms with E-state index in [1.807, 2.05) is 23.9 Å². The summed E-state index contributed by atoms with van der Waals surface area (Å²) >= 11 is 7.40. The third kappa shape index (κ3) is 6.25. The zero-order valence-corrected chi connectivity index (χ0v) is 24.0. The van der Waals surface area contributed by atoms with E-state index < -0.39 is 21.8 Å². The Labute approximate surface area is 235 Å². The van der Waals surface area contributed by atoms with Crippen molar-refractivity contribution in [3.05, 3.63) is 53.2 Å². The molecule has 10 nitrogen and oxygen atoms in total. The normalized spacial score (nSPS) is 15.2. The number of hydrogen-bond acceptors (Lipinski definition) is 8. The molecular formula is C26H29ClN6O4S2. The van der Waals surface area contributed by atoms with Crippen LogP contribution in [0, 0.1) is 0 Å². The van der Waals surface area contributed by atoms with Gasteiger partial charge in [-0.3, -0.25) is 15.4 Å². The molecule has 0 radical (unpaired) electrons. The molecule has 0 saturated carbocycles. The number of rotatable bonds is 7. The van der Waals surface area contributed by atoms with Gasteiger partial charge in [-0.1, -0.05) is 22.9 Å². The molecule has 1 aliphatic rings. The lowest BCUT2D eigenvalue weighted by atomic mass is 10.1. The van der Waals surface area contributed by atoms with Gasteiger partial charge in [0.2, 0.25) is 0 Å². The molecule has 4 aromatic rings. The van der Waals surface area contributed by atoms with Crippen LogP contribution < -0.4 is 10.6 Å². The maximum Gasteiger partial charge on any atom is 0.327 e. The first kappa shape index (κ1) is 27.5. The zero-order valence-electron chi connectivity index (χ0n) is 21.6. The van der Waals surface area contributed by atoms with Gasteiger partial charge in [0, 0.05) is 50.3 Å². The van der Waals surface area contributed by atoms with Crippen LogP contribution in [0.2, 0.25) is 5.02 Å². The van der Waals surface area contributed by atoms with E-state index in [0.29, 0.717) is 16.6 Å². The Morgan fingerprint density at radius 1 is 1.08 bits per heavy atom. The molecule has 3 amide bonds. The monoisotopic (exact) mass is 588 g/mol. The summed E-state index contributed by atoms with van der Waals surface area (Å²) in [6, 6.07) is 9.18. The highest BCUT2D eigenvalue weighted by Gasteiger charge is 2.20. The van der Waals surface area contributed by atoms with Gasteiger partial charge in [0.15, 0.2) is 15.0 Å². The minimum atomic E-state index is -3.46. The van der Waals surface area contributed by atoms with Gasteiger partial charge in [-0.05, 0) is 56.4 Å². The van der Waals surface area contributed by atoms with Crippen LogP contribution in [0.4, 0.5) is 9.93 Å². The van der Waals surface area contributed by atoms with Crippen LogP contribution in [0.25, 0.3) is 21.1 Å². The fraction of sp³-hybridized carbons (Fsp3) is 0.346. The Bertz CT molecular complexity index is 1660. The number of imide groups is 1. The summed E-state index contributed by atoms with van der Waals surface area (Å²) in [6.45, 7) is 4.64. The largest absolute Gasteiger partial charge is 0.351 e. The van der Waals surface area contributed by atoms with Gasteiger partial charge in [-0.25, -0.2) is 18.2 Å². The van der Waals surface area contributed by atoms with Gasteiger partial charge in [0.25, 0.3) is 5.91 Å². The smallest absolute Gasteiger partial charge is 0.327 e. The number of sulfone groups is 1. The van der Waals surface area contributed by atoms with Crippen molar-refractivity contribution in [2.24, 2.45) is 7.05 Å². The predicted octanol–water partition coefficient (Wildman–Crippen LogP) is 3.81. The van der Waals surface area contributed by atoms with Crippen molar-refractivity contribution in [3.63, 3.8) is 0 Å². The maximum atomic E-state index is 13.0. The first-order valence-corrected chi connectivity index (χ1v) is 15.3. The zero-order chi connectivity index (χ0) is 27.7. The number of likely N-dealkylation sites (N-methyl/N-ethyl adjacent to an activating group) is 1. The number of fused-ring (bicyclic) bond motifs is 2. The highest BCUT2D eigenvalue weighted by molar-refractivity contribution is 7.91. The number of piperazine rings is 1. The van der Waals surface area contributed by atoms with Crippen molar-refractivity contribution < 1.29 is 18.0 Å². The number of halogens is 1. The van der Waals surface area contributed by atoms with E-state index in [-0.39, 0.29) is 26.4 Å². The quantitative estimate of drug-likeness (QED) is 0.337. The van der Waals surface area contributed by atoms with E-state index in [9.17, 15) is 18.0 Å². The molecular weight excluding hydrogens is 560 g/mol. The van der Waals surface area contributed by atoms with E-state index in [1.165, 1.54) is 0 Å². The number of hydrogen-bond donors (Lipinski definition) is 2. The number of urea groups is 1. The van der Waals surface area contributed by atoms with Gasteiger partial charge < -0.3 is 14.4 Å². The van der Waals surface area contributed by atoms with Gasteiger partial charge in [-0.2, -0.15) is 0 Å². The average Bonchev–Trinajstić information content (AvgIpc) is 3.46. The van der Waals surface area contributed by atoms with Crippen molar-refractivity contribution in [3.8, 4) is 0 Å². The second kappa shape index (κ2) is 11.2. The van der Waals surface area contributed by atoms with Crippen molar-refractivity contribution in [1.82, 2.24) is 24.7 Å². The molecule has 0 atom stereocenters. The molecule has 3 heterocycles. The number of nitrogens with one attached hydrogen (secondary N) is 2.